The number of benzene rings is 1. The van der Waals surface area contributed by atoms with Crippen LogP contribution in [0.4, 0.5) is 0 Å². The summed E-state index contributed by atoms with van der Waals surface area (Å²) in [5.41, 5.74) is 4.05. The van der Waals surface area contributed by atoms with E-state index in [-0.39, 0.29) is 6.61 Å². The van der Waals surface area contributed by atoms with Crippen LogP contribution in [0.5, 0.6) is 0 Å². The van der Waals surface area contributed by atoms with Crippen LogP contribution >= 0.6 is 11.6 Å². The fraction of sp³-hybridized carbons (Fsp3) is 0.286. The predicted octanol–water partition coefficient (Wildman–Crippen LogP) is 2.57. The van der Waals surface area contributed by atoms with E-state index in [4.69, 9.17) is 16.9 Å². The summed E-state index contributed by atoms with van der Waals surface area (Å²) >= 11 is 6.15. The maximum Gasteiger partial charge on any atom is 0.0992 e. The first-order chi connectivity index (χ1) is 9.06. The summed E-state index contributed by atoms with van der Waals surface area (Å²) in [7, 11) is 0. The largest absolute Gasteiger partial charge is 0.392 e. The summed E-state index contributed by atoms with van der Waals surface area (Å²) in [5.74, 6) is 0. The average Bonchev–Trinajstić information content (AvgIpc) is 2.66. The third kappa shape index (κ3) is 2.62. The number of rotatable bonds is 3. The minimum atomic E-state index is -0.0151. The molecular weight excluding hydrogens is 262 g/mol. The molecule has 0 aliphatic heterocycles. The van der Waals surface area contributed by atoms with E-state index >= 15 is 0 Å². The molecule has 98 valence electrons. The Balaban J connectivity index is 2.34. The maximum absolute atomic E-state index is 9.29. The van der Waals surface area contributed by atoms with Crippen molar-refractivity contribution in [3.63, 3.8) is 0 Å². The molecule has 19 heavy (non-hydrogen) atoms. The molecule has 0 fully saturated rings. The van der Waals surface area contributed by atoms with Crippen molar-refractivity contribution in [2.45, 2.75) is 27.0 Å². The minimum Gasteiger partial charge on any atom is -0.392 e. The SMILES string of the molecule is Cc1nn(Cc2ccc(C#N)cc2Cl)c(C)c1CO. The predicted molar refractivity (Wildman–Crippen MR) is 72.9 cm³/mol. The van der Waals surface area contributed by atoms with Gasteiger partial charge in [-0.3, -0.25) is 4.68 Å². The van der Waals surface area contributed by atoms with Crippen molar-refractivity contribution in [2.75, 3.05) is 0 Å². The fourth-order valence-corrected chi connectivity index (χ4v) is 2.26. The molecule has 0 aliphatic carbocycles. The van der Waals surface area contributed by atoms with E-state index in [2.05, 4.69) is 11.2 Å². The first-order valence-electron chi connectivity index (χ1n) is 5.89. The number of aliphatic hydroxyl groups excluding tert-OH is 1. The minimum absolute atomic E-state index is 0.0151. The number of hydrogen-bond acceptors (Lipinski definition) is 3. The lowest BCUT2D eigenvalue weighted by atomic mass is 10.1. The second-order valence-corrected chi connectivity index (χ2v) is 4.79. The molecule has 1 heterocycles. The van der Waals surface area contributed by atoms with E-state index in [9.17, 15) is 5.11 Å². The van der Waals surface area contributed by atoms with Gasteiger partial charge in [0.1, 0.15) is 0 Å². The summed E-state index contributed by atoms with van der Waals surface area (Å²) in [6.45, 7) is 4.30. The molecule has 1 N–H and O–H groups in total. The summed E-state index contributed by atoms with van der Waals surface area (Å²) in [6.07, 6.45) is 0. The van der Waals surface area contributed by atoms with E-state index in [0.29, 0.717) is 17.1 Å². The average molecular weight is 276 g/mol. The number of aliphatic hydroxyl groups is 1. The van der Waals surface area contributed by atoms with E-state index in [1.807, 2.05) is 24.6 Å². The van der Waals surface area contributed by atoms with Crippen LogP contribution in [0.2, 0.25) is 5.02 Å². The number of nitrogens with zero attached hydrogens (tertiary/aromatic N) is 3. The van der Waals surface area contributed by atoms with Gasteiger partial charge in [0, 0.05) is 16.3 Å². The molecule has 5 heteroatoms. The number of hydrogen-bond donors (Lipinski definition) is 1. The van der Waals surface area contributed by atoms with Crippen LogP contribution in [0, 0.1) is 25.2 Å². The molecule has 2 rings (SSSR count). The van der Waals surface area contributed by atoms with Crippen LogP contribution in [0.15, 0.2) is 18.2 Å². The molecule has 0 atom stereocenters. The summed E-state index contributed by atoms with van der Waals surface area (Å²) in [6, 6.07) is 7.27. The van der Waals surface area contributed by atoms with Crippen molar-refractivity contribution in [1.82, 2.24) is 9.78 Å². The Morgan fingerprint density at radius 1 is 1.42 bits per heavy atom. The summed E-state index contributed by atoms with van der Waals surface area (Å²) in [4.78, 5) is 0. The number of nitriles is 1. The molecule has 0 saturated carbocycles. The van der Waals surface area contributed by atoms with E-state index < -0.39 is 0 Å². The Labute approximate surface area is 116 Å². The van der Waals surface area contributed by atoms with Crippen molar-refractivity contribution < 1.29 is 5.11 Å². The zero-order valence-electron chi connectivity index (χ0n) is 10.8. The van der Waals surface area contributed by atoms with Gasteiger partial charge in [-0.25, -0.2) is 0 Å². The monoisotopic (exact) mass is 275 g/mol. The Morgan fingerprint density at radius 3 is 2.68 bits per heavy atom. The molecule has 2 aromatic rings. The van der Waals surface area contributed by atoms with Crippen molar-refractivity contribution >= 4 is 11.6 Å². The summed E-state index contributed by atoms with van der Waals surface area (Å²) in [5, 5.41) is 23.0. The lowest BCUT2D eigenvalue weighted by Crippen LogP contribution is -2.05. The molecule has 1 aromatic carbocycles. The Morgan fingerprint density at radius 2 is 2.16 bits per heavy atom. The third-order valence-electron chi connectivity index (χ3n) is 3.19. The van der Waals surface area contributed by atoms with E-state index in [1.165, 1.54) is 0 Å². The normalized spacial score (nSPS) is 10.5. The highest BCUT2D eigenvalue weighted by Crippen LogP contribution is 2.21. The molecule has 0 amide bonds. The van der Waals surface area contributed by atoms with Crippen molar-refractivity contribution in [1.29, 1.82) is 5.26 Å². The van der Waals surface area contributed by atoms with Crippen LogP contribution in [-0.4, -0.2) is 14.9 Å². The fourth-order valence-electron chi connectivity index (χ4n) is 2.02. The zero-order chi connectivity index (χ0) is 14.0. The Bertz CT molecular complexity index is 655. The van der Waals surface area contributed by atoms with Crippen LogP contribution in [0.1, 0.15) is 28.1 Å². The van der Waals surface area contributed by atoms with Crippen molar-refractivity contribution in [2.24, 2.45) is 0 Å². The topological polar surface area (TPSA) is 61.8 Å². The molecular formula is C14H14ClN3O. The smallest absolute Gasteiger partial charge is 0.0992 e. The molecule has 4 nitrogen and oxygen atoms in total. The standard InChI is InChI=1S/C14H14ClN3O/c1-9-13(8-19)10(2)18(17-9)7-12-4-3-11(6-16)5-14(12)15/h3-5,19H,7-8H2,1-2H3. The van der Waals surface area contributed by atoms with Gasteiger partial charge in [0.05, 0.1) is 30.5 Å². The lowest BCUT2D eigenvalue weighted by Gasteiger charge is -2.07. The van der Waals surface area contributed by atoms with Gasteiger partial charge < -0.3 is 5.11 Å². The molecule has 0 unspecified atom stereocenters. The highest BCUT2D eigenvalue weighted by Gasteiger charge is 2.12. The summed E-state index contributed by atoms with van der Waals surface area (Å²) < 4.78 is 1.81. The van der Waals surface area contributed by atoms with E-state index in [0.717, 1.165) is 22.5 Å². The highest BCUT2D eigenvalue weighted by atomic mass is 35.5. The first kappa shape index (κ1) is 13.6. The van der Waals surface area contributed by atoms with Crippen LogP contribution in [0.3, 0.4) is 0 Å². The van der Waals surface area contributed by atoms with Gasteiger partial charge in [-0.05, 0) is 31.5 Å². The maximum atomic E-state index is 9.29. The van der Waals surface area contributed by atoms with Gasteiger partial charge >= 0.3 is 0 Å². The van der Waals surface area contributed by atoms with Crippen molar-refractivity contribution in [3.8, 4) is 6.07 Å². The molecule has 0 spiro atoms. The van der Waals surface area contributed by atoms with Crippen LogP contribution < -0.4 is 0 Å². The third-order valence-corrected chi connectivity index (χ3v) is 3.54. The van der Waals surface area contributed by atoms with Gasteiger partial charge in [0.25, 0.3) is 0 Å². The van der Waals surface area contributed by atoms with Gasteiger partial charge in [0.15, 0.2) is 0 Å². The molecule has 0 bridgehead atoms. The second-order valence-electron chi connectivity index (χ2n) is 4.38. The van der Waals surface area contributed by atoms with Crippen LogP contribution in [0.25, 0.3) is 0 Å². The van der Waals surface area contributed by atoms with Crippen molar-refractivity contribution in [3.05, 3.63) is 51.3 Å². The molecule has 1 aromatic heterocycles. The highest BCUT2D eigenvalue weighted by molar-refractivity contribution is 6.31. The Hall–Kier alpha value is -1.83. The molecule has 0 aliphatic rings. The quantitative estimate of drug-likeness (QED) is 0.936. The number of aryl methyl sites for hydroxylation is 1. The zero-order valence-corrected chi connectivity index (χ0v) is 11.6. The lowest BCUT2D eigenvalue weighted by molar-refractivity contribution is 0.280. The number of halogens is 1. The van der Waals surface area contributed by atoms with Gasteiger partial charge in [-0.15, -0.1) is 0 Å². The second kappa shape index (κ2) is 5.43. The van der Waals surface area contributed by atoms with Gasteiger partial charge in [-0.2, -0.15) is 10.4 Å². The van der Waals surface area contributed by atoms with Gasteiger partial charge in [0.2, 0.25) is 0 Å². The first-order valence-corrected chi connectivity index (χ1v) is 6.27. The van der Waals surface area contributed by atoms with Gasteiger partial charge in [-0.1, -0.05) is 17.7 Å². The van der Waals surface area contributed by atoms with Crippen LogP contribution in [-0.2, 0) is 13.2 Å². The molecule has 0 saturated heterocycles. The van der Waals surface area contributed by atoms with E-state index in [1.54, 1.807) is 12.1 Å². The number of aromatic nitrogens is 2. The Kier molecular flexibility index (Phi) is 3.89. The molecule has 0 radical (unpaired) electrons.